The Morgan fingerprint density at radius 1 is 1.31 bits per heavy atom. The predicted molar refractivity (Wildman–Crippen MR) is 109 cm³/mol. The van der Waals surface area contributed by atoms with Gasteiger partial charge in [-0.3, -0.25) is 4.79 Å². The number of fused-ring (bicyclic) bond motifs is 1. The van der Waals surface area contributed by atoms with Gasteiger partial charge in [-0.15, -0.1) is 6.58 Å². The average Bonchev–Trinajstić information content (AvgIpc) is 2.72. The fourth-order valence-corrected chi connectivity index (χ4v) is 3.41. The van der Waals surface area contributed by atoms with Gasteiger partial charge in [-0.05, 0) is 44.5 Å². The predicted octanol–water partition coefficient (Wildman–Crippen LogP) is 4.65. The first-order valence-electron chi connectivity index (χ1n) is 9.33. The third-order valence-electron chi connectivity index (χ3n) is 4.87. The lowest BCUT2D eigenvalue weighted by Gasteiger charge is -2.42. The number of Topliss-reactive ketones (excluding diaryl/α,β-unsaturated/α-hetero) is 1. The maximum atomic E-state index is 13.4. The number of anilines is 1. The summed E-state index contributed by atoms with van der Waals surface area (Å²) in [5.41, 5.74) is 0.115. The fourth-order valence-electron chi connectivity index (χ4n) is 3.41. The van der Waals surface area contributed by atoms with Crippen molar-refractivity contribution in [3.8, 4) is 11.8 Å². The van der Waals surface area contributed by atoms with Crippen molar-refractivity contribution >= 4 is 17.6 Å². The molecular formula is C23H22N2O4. The van der Waals surface area contributed by atoms with Crippen LogP contribution < -0.4 is 9.64 Å². The lowest BCUT2D eigenvalue weighted by Crippen LogP contribution is -2.59. The first kappa shape index (κ1) is 20.2. The van der Waals surface area contributed by atoms with E-state index >= 15 is 0 Å². The van der Waals surface area contributed by atoms with Crippen molar-refractivity contribution in [3.05, 3.63) is 72.3 Å². The number of carbonyl (C=O) groups is 2. The molecule has 2 aromatic carbocycles. The van der Waals surface area contributed by atoms with E-state index in [1.807, 2.05) is 19.1 Å². The second-order valence-electron chi connectivity index (χ2n) is 6.78. The van der Waals surface area contributed by atoms with Crippen molar-refractivity contribution < 1.29 is 19.1 Å². The second kappa shape index (κ2) is 8.19. The van der Waals surface area contributed by atoms with Crippen LogP contribution in [-0.4, -0.2) is 24.7 Å². The number of rotatable bonds is 5. The Morgan fingerprint density at radius 3 is 2.62 bits per heavy atom. The first-order valence-corrected chi connectivity index (χ1v) is 9.33. The number of ether oxygens (including phenoxy) is 2. The fraction of sp³-hybridized carbons (Fsp3) is 0.261. The van der Waals surface area contributed by atoms with Crippen molar-refractivity contribution in [1.82, 2.24) is 0 Å². The standard InChI is InChI=1S/C23H22N2O4/c1-4-14-23(15-24)20(26)18-8-6-7-9-19(18)29-21(23)25(22(27)28-5-2)17-12-10-16(3)11-13-17/h4,6-13,21H,1,5,14H2,2-3H3/t21-,23+/m1/s1. The van der Waals surface area contributed by atoms with Gasteiger partial charge < -0.3 is 9.47 Å². The summed E-state index contributed by atoms with van der Waals surface area (Å²) in [5, 5.41) is 10.1. The Kier molecular flexibility index (Phi) is 5.69. The zero-order chi connectivity index (χ0) is 21.0. The molecule has 1 aliphatic rings. The number of hydrogen-bond acceptors (Lipinski definition) is 5. The maximum Gasteiger partial charge on any atom is 0.417 e. The van der Waals surface area contributed by atoms with Gasteiger partial charge in [0, 0.05) is 0 Å². The van der Waals surface area contributed by atoms with Gasteiger partial charge in [0.05, 0.1) is 23.9 Å². The highest BCUT2D eigenvalue weighted by Gasteiger charge is 2.55. The molecule has 6 heteroatoms. The molecule has 0 radical (unpaired) electrons. The van der Waals surface area contributed by atoms with Crippen molar-refractivity contribution in [2.24, 2.45) is 5.41 Å². The molecule has 6 nitrogen and oxygen atoms in total. The number of nitriles is 1. The molecule has 0 aliphatic carbocycles. The van der Waals surface area contributed by atoms with E-state index in [0.717, 1.165) is 5.56 Å². The number of allylic oxidation sites excluding steroid dienone is 1. The quantitative estimate of drug-likeness (QED) is 0.695. The van der Waals surface area contributed by atoms with E-state index in [9.17, 15) is 14.9 Å². The van der Waals surface area contributed by atoms with Crippen LogP contribution in [0.5, 0.6) is 5.75 Å². The summed E-state index contributed by atoms with van der Waals surface area (Å²) in [6.07, 6.45) is -0.403. The Labute approximate surface area is 170 Å². The van der Waals surface area contributed by atoms with Crippen molar-refractivity contribution in [3.63, 3.8) is 0 Å². The van der Waals surface area contributed by atoms with Crippen LogP contribution in [0.4, 0.5) is 10.5 Å². The molecule has 2 aromatic rings. The van der Waals surface area contributed by atoms with E-state index in [0.29, 0.717) is 17.0 Å². The highest BCUT2D eigenvalue weighted by molar-refractivity contribution is 6.07. The van der Waals surface area contributed by atoms with Crippen LogP contribution in [0.3, 0.4) is 0 Å². The summed E-state index contributed by atoms with van der Waals surface area (Å²) in [6, 6.07) is 16.0. The minimum atomic E-state index is -1.66. The van der Waals surface area contributed by atoms with Crippen LogP contribution in [0.15, 0.2) is 61.2 Å². The number of carbonyl (C=O) groups excluding carboxylic acids is 2. The molecule has 148 valence electrons. The zero-order valence-electron chi connectivity index (χ0n) is 16.4. The molecule has 0 spiro atoms. The summed E-state index contributed by atoms with van der Waals surface area (Å²) >= 11 is 0. The molecule has 3 rings (SSSR count). The molecule has 2 atom stereocenters. The molecule has 0 saturated heterocycles. The smallest absolute Gasteiger partial charge is 0.417 e. The number of benzene rings is 2. The molecule has 0 N–H and O–H groups in total. The Bertz CT molecular complexity index is 977. The number of amides is 1. The Balaban J connectivity index is 2.21. The van der Waals surface area contributed by atoms with E-state index in [1.54, 1.807) is 43.3 Å². The monoisotopic (exact) mass is 390 g/mol. The van der Waals surface area contributed by atoms with Gasteiger partial charge >= 0.3 is 6.09 Å². The molecule has 0 unspecified atom stereocenters. The summed E-state index contributed by atoms with van der Waals surface area (Å²) in [5.74, 6) is -0.0907. The molecule has 1 amide bonds. The van der Waals surface area contributed by atoms with E-state index in [-0.39, 0.29) is 13.0 Å². The molecule has 1 heterocycles. The normalized spacial score (nSPS) is 20.0. The number of nitrogens with zero attached hydrogens (tertiary/aromatic N) is 2. The lowest BCUT2D eigenvalue weighted by molar-refractivity contribution is 0.0440. The Hall–Kier alpha value is -3.59. The van der Waals surface area contributed by atoms with Crippen LogP contribution in [0.1, 0.15) is 29.3 Å². The molecular weight excluding hydrogens is 368 g/mol. The Morgan fingerprint density at radius 2 is 2.00 bits per heavy atom. The van der Waals surface area contributed by atoms with E-state index < -0.39 is 23.5 Å². The topological polar surface area (TPSA) is 79.6 Å². The molecule has 0 fully saturated rings. The van der Waals surface area contributed by atoms with Crippen molar-refractivity contribution in [2.45, 2.75) is 26.5 Å². The van der Waals surface area contributed by atoms with Crippen molar-refractivity contribution in [2.75, 3.05) is 11.5 Å². The minimum Gasteiger partial charge on any atom is -0.467 e. The minimum absolute atomic E-state index is 0.0170. The number of ketones is 1. The van der Waals surface area contributed by atoms with Gasteiger partial charge in [0.1, 0.15) is 5.75 Å². The van der Waals surface area contributed by atoms with Gasteiger partial charge in [-0.25, -0.2) is 9.69 Å². The lowest BCUT2D eigenvalue weighted by atomic mass is 9.74. The summed E-state index contributed by atoms with van der Waals surface area (Å²) in [6.45, 7) is 7.45. The number of aryl methyl sites for hydroxylation is 1. The van der Waals surface area contributed by atoms with E-state index in [4.69, 9.17) is 9.47 Å². The molecule has 1 aliphatic heterocycles. The van der Waals surface area contributed by atoms with Crippen LogP contribution in [0.25, 0.3) is 0 Å². The summed E-state index contributed by atoms with van der Waals surface area (Å²) in [7, 11) is 0. The van der Waals surface area contributed by atoms with Gasteiger partial charge in [0.15, 0.2) is 11.2 Å². The van der Waals surface area contributed by atoms with Gasteiger partial charge in [-0.1, -0.05) is 35.9 Å². The largest absolute Gasteiger partial charge is 0.467 e. The highest BCUT2D eigenvalue weighted by Crippen LogP contribution is 2.43. The molecule has 0 saturated carbocycles. The van der Waals surface area contributed by atoms with Gasteiger partial charge in [0.25, 0.3) is 0 Å². The molecule has 0 bridgehead atoms. The number of para-hydroxylation sites is 1. The molecule has 29 heavy (non-hydrogen) atoms. The number of hydrogen-bond donors (Lipinski definition) is 0. The third-order valence-corrected chi connectivity index (χ3v) is 4.87. The van der Waals surface area contributed by atoms with Crippen LogP contribution in [0, 0.1) is 23.7 Å². The molecule has 0 aromatic heterocycles. The van der Waals surface area contributed by atoms with Crippen LogP contribution in [0.2, 0.25) is 0 Å². The van der Waals surface area contributed by atoms with Crippen LogP contribution >= 0.6 is 0 Å². The maximum absolute atomic E-state index is 13.4. The van der Waals surface area contributed by atoms with Crippen LogP contribution in [-0.2, 0) is 4.74 Å². The SMILES string of the molecule is C=CC[C@]1(C#N)C(=O)c2ccccc2O[C@H]1N(C(=O)OCC)c1ccc(C)cc1. The summed E-state index contributed by atoms with van der Waals surface area (Å²) < 4.78 is 11.4. The van der Waals surface area contributed by atoms with Crippen molar-refractivity contribution in [1.29, 1.82) is 5.26 Å². The first-order chi connectivity index (χ1) is 14.0. The van der Waals surface area contributed by atoms with Gasteiger partial charge in [0.2, 0.25) is 6.23 Å². The zero-order valence-corrected chi connectivity index (χ0v) is 16.4. The highest BCUT2D eigenvalue weighted by atomic mass is 16.6. The third kappa shape index (κ3) is 3.47. The van der Waals surface area contributed by atoms with Gasteiger partial charge in [-0.2, -0.15) is 5.26 Å². The van der Waals surface area contributed by atoms with E-state index in [2.05, 4.69) is 12.6 Å². The summed E-state index contributed by atoms with van der Waals surface area (Å²) in [4.78, 5) is 27.6. The van der Waals surface area contributed by atoms with E-state index in [1.165, 1.54) is 11.0 Å². The average molecular weight is 390 g/mol. The second-order valence-corrected chi connectivity index (χ2v) is 6.78.